The molecule has 0 heterocycles. The third-order valence-corrected chi connectivity index (χ3v) is 8.53. The van der Waals surface area contributed by atoms with Crippen molar-refractivity contribution in [3.8, 4) is 5.75 Å². The van der Waals surface area contributed by atoms with Crippen LogP contribution in [0, 0.1) is 6.92 Å². The Hall–Kier alpha value is -3.85. The highest BCUT2D eigenvalue weighted by Gasteiger charge is 2.31. The van der Waals surface area contributed by atoms with E-state index in [1.807, 2.05) is 82.3 Å². The Balaban J connectivity index is 1.86. The van der Waals surface area contributed by atoms with Crippen LogP contribution in [-0.4, -0.2) is 56.6 Å². The van der Waals surface area contributed by atoms with Crippen molar-refractivity contribution in [3.05, 3.63) is 95.6 Å². The quantitative estimate of drug-likeness (QED) is 0.232. The van der Waals surface area contributed by atoms with Crippen LogP contribution in [0.1, 0.15) is 56.7 Å². The number of sulfonamides is 1. The number of amides is 2. The van der Waals surface area contributed by atoms with Gasteiger partial charge in [-0.15, -0.1) is 0 Å². The molecular formula is C34H45N3O5S. The van der Waals surface area contributed by atoms with Gasteiger partial charge in [0.25, 0.3) is 0 Å². The predicted molar refractivity (Wildman–Crippen MR) is 173 cm³/mol. The number of hydrogen-bond donors (Lipinski definition) is 1. The van der Waals surface area contributed by atoms with Crippen LogP contribution in [0.15, 0.2) is 78.9 Å². The zero-order chi connectivity index (χ0) is 31.4. The summed E-state index contributed by atoms with van der Waals surface area (Å²) in [4.78, 5) is 29.3. The summed E-state index contributed by atoms with van der Waals surface area (Å²) in [6.45, 7) is 8.74. The third kappa shape index (κ3) is 10.4. The average Bonchev–Trinajstić information content (AvgIpc) is 2.98. The van der Waals surface area contributed by atoms with E-state index >= 15 is 0 Å². The molecule has 0 aromatic heterocycles. The van der Waals surface area contributed by atoms with Crippen LogP contribution >= 0.6 is 0 Å². The van der Waals surface area contributed by atoms with Gasteiger partial charge >= 0.3 is 0 Å². The number of anilines is 1. The van der Waals surface area contributed by atoms with Crippen molar-refractivity contribution in [1.82, 2.24) is 10.2 Å². The summed E-state index contributed by atoms with van der Waals surface area (Å²) in [5.74, 6) is 0.244. The van der Waals surface area contributed by atoms with Gasteiger partial charge in [-0.05, 0) is 69.0 Å². The van der Waals surface area contributed by atoms with Crippen molar-refractivity contribution in [2.75, 3.05) is 23.7 Å². The normalized spacial score (nSPS) is 12.7. The molecule has 2 amide bonds. The molecule has 0 aliphatic heterocycles. The summed E-state index contributed by atoms with van der Waals surface area (Å²) in [6.07, 6.45) is 2.65. The van der Waals surface area contributed by atoms with Gasteiger partial charge in [-0.25, -0.2) is 8.42 Å². The molecule has 2 atom stereocenters. The number of benzene rings is 3. The molecule has 3 rings (SSSR count). The van der Waals surface area contributed by atoms with Gasteiger partial charge in [0.15, 0.2) is 0 Å². The van der Waals surface area contributed by atoms with Crippen LogP contribution in [0.3, 0.4) is 0 Å². The molecule has 0 radical (unpaired) electrons. The summed E-state index contributed by atoms with van der Waals surface area (Å²) in [5.41, 5.74) is 3.48. The van der Waals surface area contributed by atoms with Gasteiger partial charge in [-0.2, -0.15) is 0 Å². The molecule has 9 heteroatoms. The van der Waals surface area contributed by atoms with Crippen molar-refractivity contribution in [2.24, 2.45) is 0 Å². The fraction of sp³-hybridized carbons (Fsp3) is 0.412. The fourth-order valence-corrected chi connectivity index (χ4v) is 5.73. The Bertz CT molecular complexity index is 1410. The maximum Gasteiger partial charge on any atom is 0.243 e. The summed E-state index contributed by atoms with van der Waals surface area (Å²) in [7, 11) is -3.60. The molecule has 0 bridgehead atoms. The highest BCUT2D eigenvalue weighted by molar-refractivity contribution is 7.92. The largest absolute Gasteiger partial charge is 0.494 e. The van der Waals surface area contributed by atoms with E-state index in [1.165, 1.54) is 4.31 Å². The molecule has 0 unspecified atom stereocenters. The average molecular weight is 608 g/mol. The molecule has 232 valence electrons. The molecule has 43 heavy (non-hydrogen) atoms. The minimum Gasteiger partial charge on any atom is -0.494 e. The minimum atomic E-state index is -3.60. The Morgan fingerprint density at radius 3 is 2.14 bits per heavy atom. The molecule has 3 aromatic carbocycles. The van der Waals surface area contributed by atoms with Gasteiger partial charge in [0.1, 0.15) is 11.8 Å². The molecule has 0 saturated heterocycles. The number of nitrogens with zero attached hydrogens (tertiary/aromatic N) is 2. The van der Waals surface area contributed by atoms with Gasteiger partial charge in [0.05, 0.1) is 18.6 Å². The maximum atomic E-state index is 14.0. The number of nitrogens with one attached hydrogen (secondary N) is 1. The van der Waals surface area contributed by atoms with E-state index in [-0.39, 0.29) is 43.8 Å². The first-order valence-electron chi connectivity index (χ1n) is 14.9. The molecule has 0 fully saturated rings. The zero-order valence-electron chi connectivity index (χ0n) is 26.0. The number of rotatable bonds is 16. The number of ether oxygens (including phenoxy) is 1. The second kappa shape index (κ2) is 16.1. The smallest absolute Gasteiger partial charge is 0.243 e. The van der Waals surface area contributed by atoms with Crippen LogP contribution in [0.25, 0.3) is 0 Å². The lowest BCUT2D eigenvalue weighted by Gasteiger charge is -2.32. The summed E-state index contributed by atoms with van der Waals surface area (Å²) < 4.78 is 32.2. The van der Waals surface area contributed by atoms with E-state index in [4.69, 9.17) is 4.74 Å². The molecule has 3 aromatic rings. The second-order valence-corrected chi connectivity index (χ2v) is 12.8. The van der Waals surface area contributed by atoms with Gasteiger partial charge < -0.3 is 15.0 Å². The molecule has 0 saturated carbocycles. The van der Waals surface area contributed by atoms with Crippen LogP contribution in [0.5, 0.6) is 5.75 Å². The number of carbonyl (C=O) groups is 2. The Labute approximate surface area is 257 Å². The lowest BCUT2D eigenvalue weighted by molar-refractivity contribution is -0.141. The minimum absolute atomic E-state index is 0.0421. The summed E-state index contributed by atoms with van der Waals surface area (Å²) >= 11 is 0. The lowest BCUT2D eigenvalue weighted by atomic mass is 10.0. The highest BCUT2D eigenvalue weighted by atomic mass is 32.2. The van der Waals surface area contributed by atoms with Crippen LogP contribution < -0.4 is 14.4 Å². The van der Waals surface area contributed by atoms with Crippen molar-refractivity contribution in [3.63, 3.8) is 0 Å². The molecule has 0 aliphatic rings. The first-order valence-corrected chi connectivity index (χ1v) is 16.8. The van der Waals surface area contributed by atoms with Crippen molar-refractivity contribution >= 4 is 27.5 Å². The van der Waals surface area contributed by atoms with Crippen molar-refractivity contribution in [1.29, 1.82) is 0 Å². The van der Waals surface area contributed by atoms with E-state index in [0.717, 1.165) is 29.4 Å². The van der Waals surface area contributed by atoms with E-state index in [0.29, 0.717) is 24.5 Å². The molecule has 0 aliphatic carbocycles. The van der Waals surface area contributed by atoms with Gasteiger partial charge in [0.2, 0.25) is 21.8 Å². The number of hydrogen-bond acceptors (Lipinski definition) is 5. The summed E-state index contributed by atoms with van der Waals surface area (Å²) in [5, 5.41) is 3.08. The topological polar surface area (TPSA) is 96.0 Å². The van der Waals surface area contributed by atoms with E-state index < -0.39 is 16.1 Å². The van der Waals surface area contributed by atoms with E-state index in [1.54, 1.807) is 29.2 Å². The number of aryl methyl sites for hydroxylation is 1. The van der Waals surface area contributed by atoms with Crippen molar-refractivity contribution < 1.29 is 22.7 Å². The SMILES string of the molecule is CCOc1ccc(N(CCCC(=O)N(Cc2ccc(C)cc2)[C@H](Cc2ccccc2)C(=O)N[C@H](C)CC)S(C)(=O)=O)cc1. The van der Waals surface area contributed by atoms with Crippen LogP contribution in [0.4, 0.5) is 5.69 Å². The standard InChI is InChI=1S/C34H45N3O5S/c1-6-27(4)35-34(39)32(24-28-12-9-8-10-13-28)36(25-29-17-15-26(3)16-18-29)33(38)14-11-23-37(43(5,40)41)30-19-21-31(22-20-30)42-7-2/h8-10,12-13,15-22,27,32H,6-7,11,14,23-25H2,1-5H3,(H,35,39)/t27-,32-/m1/s1. The second-order valence-electron chi connectivity index (χ2n) is 10.9. The lowest BCUT2D eigenvalue weighted by Crippen LogP contribution is -2.52. The first-order chi connectivity index (χ1) is 20.5. The first kappa shape index (κ1) is 33.6. The summed E-state index contributed by atoms with van der Waals surface area (Å²) in [6, 6.07) is 23.7. The molecular weight excluding hydrogens is 562 g/mol. The zero-order valence-corrected chi connectivity index (χ0v) is 26.8. The highest BCUT2D eigenvalue weighted by Crippen LogP contribution is 2.23. The molecule has 1 N–H and O–H groups in total. The van der Waals surface area contributed by atoms with E-state index in [9.17, 15) is 18.0 Å². The number of carbonyl (C=O) groups excluding carboxylic acids is 2. The van der Waals surface area contributed by atoms with Gasteiger partial charge in [-0.1, -0.05) is 67.1 Å². The van der Waals surface area contributed by atoms with Crippen LogP contribution in [-0.2, 0) is 32.6 Å². The Morgan fingerprint density at radius 2 is 1.56 bits per heavy atom. The van der Waals surface area contributed by atoms with Crippen LogP contribution in [0.2, 0.25) is 0 Å². The van der Waals surface area contributed by atoms with Crippen molar-refractivity contribution in [2.45, 2.75) is 72.0 Å². The third-order valence-electron chi connectivity index (χ3n) is 7.33. The maximum absolute atomic E-state index is 14.0. The Kier molecular flexibility index (Phi) is 12.6. The molecule has 8 nitrogen and oxygen atoms in total. The Morgan fingerprint density at radius 1 is 0.907 bits per heavy atom. The monoisotopic (exact) mass is 607 g/mol. The van der Waals surface area contributed by atoms with E-state index in [2.05, 4.69) is 5.32 Å². The predicted octanol–water partition coefficient (Wildman–Crippen LogP) is 5.49. The van der Waals surface area contributed by atoms with Gasteiger partial charge in [-0.3, -0.25) is 13.9 Å². The molecule has 0 spiro atoms. The van der Waals surface area contributed by atoms with Gasteiger partial charge in [0, 0.05) is 32.0 Å². The fourth-order valence-electron chi connectivity index (χ4n) is 4.76.